The van der Waals surface area contributed by atoms with Crippen molar-refractivity contribution in [2.75, 3.05) is 0 Å². The molecule has 0 aliphatic carbocycles. The van der Waals surface area contributed by atoms with Crippen LogP contribution in [0.1, 0.15) is 13.3 Å². The number of nitrogens with zero attached hydrogens (tertiary/aromatic N) is 1. The molecule has 0 atom stereocenters. The summed E-state index contributed by atoms with van der Waals surface area (Å²) in [6.45, 7) is 1.94. The summed E-state index contributed by atoms with van der Waals surface area (Å²) in [5.41, 5.74) is 0. The van der Waals surface area contributed by atoms with E-state index in [1.165, 1.54) is 0 Å². The Morgan fingerprint density at radius 3 is 3.20 bits per heavy atom. The number of aromatic amines is 1. The zero-order valence-corrected chi connectivity index (χ0v) is 6.44. The molecule has 0 fully saturated rings. The molecule has 1 heterocycles. The molecular weight excluding hydrogens is 148 g/mol. The van der Waals surface area contributed by atoms with Crippen LogP contribution in [0, 0.1) is 0 Å². The van der Waals surface area contributed by atoms with Gasteiger partial charge in [0.05, 0.1) is 12.5 Å². The summed E-state index contributed by atoms with van der Waals surface area (Å²) >= 11 is 4.83. The van der Waals surface area contributed by atoms with Crippen LogP contribution in [0.3, 0.4) is 0 Å². The second-order valence-electron chi connectivity index (χ2n) is 1.74. The largest absolute Gasteiger partial charge is 0.432 e. The fourth-order valence-electron chi connectivity index (χ4n) is 0.494. The van der Waals surface area contributed by atoms with Crippen LogP contribution < -0.4 is 4.74 Å². The molecule has 0 amide bonds. The van der Waals surface area contributed by atoms with Gasteiger partial charge in [-0.05, 0) is 12.2 Å². The quantitative estimate of drug-likeness (QED) is 0.660. The summed E-state index contributed by atoms with van der Waals surface area (Å²) in [5.74, 6) is 0.604. The minimum atomic E-state index is 0.573. The molecule has 0 saturated carbocycles. The van der Waals surface area contributed by atoms with Gasteiger partial charge in [0.1, 0.15) is 0 Å². The van der Waals surface area contributed by atoms with Gasteiger partial charge in [0.2, 0.25) is 5.88 Å². The first-order valence-electron chi connectivity index (χ1n) is 3.02. The molecule has 0 aliphatic heterocycles. The molecule has 1 rings (SSSR count). The normalized spacial score (nSPS) is 9.30. The summed E-state index contributed by atoms with van der Waals surface area (Å²) in [6, 6.07) is 0. The number of hydrogen-bond donors (Lipinski definition) is 1. The van der Waals surface area contributed by atoms with Gasteiger partial charge < -0.3 is 9.72 Å². The number of aromatic nitrogens is 2. The van der Waals surface area contributed by atoms with Gasteiger partial charge in [-0.25, -0.2) is 4.98 Å². The van der Waals surface area contributed by atoms with Crippen LogP contribution >= 0.6 is 12.2 Å². The van der Waals surface area contributed by atoms with Crippen molar-refractivity contribution < 1.29 is 4.74 Å². The average Bonchev–Trinajstić information content (AvgIpc) is 2.40. The highest BCUT2D eigenvalue weighted by atomic mass is 32.1. The maximum Gasteiger partial charge on any atom is 0.217 e. The molecule has 0 saturated heterocycles. The van der Waals surface area contributed by atoms with E-state index in [0.717, 1.165) is 6.42 Å². The Labute approximate surface area is 64.4 Å². The monoisotopic (exact) mass is 156 g/mol. The van der Waals surface area contributed by atoms with Crippen molar-refractivity contribution in [3.8, 4) is 5.88 Å². The van der Waals surface area contributed by atoms with Gasteiger partial charge in [-0.2, -0.15) is 0 Å². The molecular formula is C6H8N2OS. The van der Waals surface area contributed by atoms with Crippen LogP contribution in [-0.2, 0) is 0 Å². The predicted molar refractivity (Wildman–Crippen MR) is 42.1 cm³/mol. The lowest BCUT2D eigenvalue weighted by atomic mass is 10.5. The Morgan fingerprint density at radius 1 is 1.90 bits per heavy atom. The third kappa shape index (κ3) is 1.80. The van der Waals surface area contributed by atoms with Crippen molar-refractivity contribution in [3.63, 3.8) is 0 Å². The van der Waals surface area contributed by atoms with Gasteiger partial charge in [-0.15, -0.1) is 0 Å². The highest BCUT2D eigenvalue weighted by molar-refractivity contribution is 7.80. The van der Waals surface area contributed by atoms with E-state index in [1.54, 1.807) is 12.5 Å². The molecule has 54 valence electrons. The summed E-state index contributed by atoms with van der Waals surface area (Å²) in [4.78, 5) is 6.55. The first-order chi connectivity index (χ1) is 4.83. The molecule has 4 heteroatoms. The maximum atomic E-state index is 5.12. The molecule has 10 heavy (non-hydrogen) atoms. The fraction of sp³-hybridized carbons (Fsp3) is 0.333. The van der Waals surface area contributed by atoms with Gasteiger partial charge in [-0.3, -0.25) is 0 Å². The zero-order valence-electron chi connectivity index (χ0n) is 5.63. The van der Waals surface area contributed by atoms with Crippen molar-refractivity contribution in [3.05, 3.63) is 12.5 Å². The zero-order chi connectivity index (χ0) is 7.40. The molecule has 0 radical (unpaired) electrons. The molecule has 0 bridgehead atoms. The van der Waals surface area contributed by atoms with Crippen molar-refractivity contribution >= 4 is 17.3 Å². The van der Waals surface area contributed by atoms with E-state index in [-0.39, 0.29) is 0 Å². The Morgan fingerprint density at radius 2 is 2.70 bits per heavy atom. The highest BCUT2D eigenvalue weighted by Gasteiger charge is 1.96. The predicted octanol–water partition coefficient (Wildman–Crippen LogP) is 1.53. The minimum Gasteiger partial charge on any atom is -0.432 e. The van der Waals surface area contributed by atoms with E-state index in [4.69, 9.17) is 17.0 Å². The molecule has 0 aliphatic rings. The number of ether oxygens (including phenoxy) is 1. The Kier molecular flexibility index (Phi) is 2.39. The summed E-state index contributed by atoms with van der Waals surface area (Å²) in [7, 11) is 0. The topological polar surface area (TPSA) is 37.9 Å². The number of imidazole rings is 1. The highest BCUT2D eigenvalue weighted by Crippen LogP contribution is 2.03. The first kappa shape index (κ1) is 7.21. The number of rotatable bonds is 2. The molecule has 0 aromatic carbocycles. The number of thiocarbonyl (C=S) groups is 1. The standard InChI is InChI=1S/C6H8N2OS/c1-2-6(10)9-5-3-7-4-8-5/h3-4H,2H2,1H3,(H,7,8). The molecule has 0 unspecified atom stereocenters. The van der Waals surface area contributed by atoms with Crippen molar-refractivity contribution in [2.45, 2.75) is 13.3 Å². The number of hydrogen-bond acceptors (Lipinski definition) is 3. The molecule has 1 aromatic rings. The van der Waals surface area contributed by atoms with Gasteiger partial charge in [-0.1, -0.05) is 6.92 Å². The van der Waals surface area contributed by atoms with E-state index in [1.807, 2.05) is 6.92 Å². The average molecular weight is 156 g/mol. The van der Waals surface area contributed by atoms with Crippen LogP contribution in [-0.4, -0.2) is 15.0 Å². The summed E-state index contributed by atoms with van der Waals surface area (Å²) < 4.78 is 5.12. The minimum absolute atomic E-state index is 0.573. The smallest absolute Gasteiger partial charge is 0.217 e. The van der Waals surface area contributed by atoms with E-state index >= 15 is 0 Å². The fourth-order valence-corrected chi connectivity index (χ4v) is 0.584. The molecule has 3 nitrogen and oxygen atoms in total. The second kappa shape index (κ2) is 3.31. The van der Waals surface area contributed by atoms with E-state index < -0.39 is 0 Å². The van der Waals surface area contributed by atoms with Crippen LogP contribution in [0.4, 0.5) is 0 Å². The van der Waals surface area contributed by atoms with Crippen molar-refractivity contribution in [1.82, 2.24) is 9.97 Å². The molecule has 1 aromatic heterocycles. The lowest BCUT2D eigenvalue weighted by Gasteiger charge is -1.98. The summed E-state index contributed by atoms with van der Waals surface area (Å²) in [6.07, 6.45) is 3.88. The van der Waals surface area contributed by atoms with Crippen molar-refractivity contribution in [2.24, 2.45) is 0 Å². The number of nitrogens with one attached hydrogen (secondary N) is 1. The lowest BCUT2D eigenvalue weighted by molar-refractivity contribution is 0.531. The first-order valence-corrected chi connectivity index (χ1v) is 3.43. The van der Waals surface area contributed by atoms with Crippen LogP contribution in [0.25, 0.3) is 0 Å². The second-order valence-corrected chi connectivity index (χ2v) is 2.20. The maximum absolute atomic E-state index is 5.12. The Hall–Kier alpha value is -0.900. The van der Waals surface area contributed by atoms with E-state index in [9.17, 15) is 0 Å². The van der Waals surface area contributed by atoms with Crippen LogP contribution in [0.2, 0.25) is 0 Å². The van der Waals surface area contributed by atoms with Crippen molar-refractivity contribution in [1.29, 1.82) is 0 Å². The third-order valence-electron chi connectivity index (χ3n) is 0.986. The molecule has 1 N–H and O–H groups in total. The summed E-state index contributed by atoms with van der Waals surface area (Å²) in [5, 5.41) is 0.573. The SMILES string of the molecule is CCC(=S)Oc1cnc[nH]1. The number of H-pyrrole nitrogens is 1. The van der Waals surface area contributed by atoms with E-state index in [0.29, 0.717) is 10.9 Å². The third-order valence-corrected chi connectivity index (χ3v) is 1.36. The van der Waals surface area contributed by atoms with Gasteiger partial charge in [0.15, 0.2) is 5.05 Å². The van der Waals surface area contributed by atoms with E-state index in [2.05, 4.69) is 9.97 Å². The lowest BCUT2D eigenvalue weighted by Crippen LogP contribution is -2.02. The Bertz CT molecular complexity index is 208. The van der Waals surface area contributed by atoms with Crippen LogP contribution in [0.5, 0.6) is 5.88 Å². The van der Waals surface area contributed by atoms with Gasteiger partial charge in [0.25, 0.3) is 0 Å². The molecule has 0 spiro atoms. The van der Waals surface area contributed by atoms with Gasteiger partial charge in [0, 0.05) is 6.42 Å². The Balaban J connectivity index is 2.48. The van der Waals surface area contributed by atoms with Crippen LogP contribution in [0.15, 0.2) is 12.5 Å². The van der Waals surface area contributed by atoms with Gasteiger partial charge >= 0.3 is 0 Å².